The molecule has 0 fully saturated rings. The van der Waals surface area contributed by atoms with Crippen molar-refractivity contribution in [3.05, 3.63) is 0 Å². The lowest BCUT2D eigenvalue weighted by molar-refractivity contribution is 0.462. The SMILES string of the molecule is CCCCC(CC)CN=CC(C)C. The quantitative estimate of drug-likeness (QED) is 0.530. The van der Waals surface area contributed by atoms with Crippen molar-refractivity contribution in [1.29, 1.82) is 0 Å². The summed E-state index contributed by atoms with van der Waals surface area (Å²) in [6.45, 7) is 9.91. The number of unbranched alkanes of at least 4 members (excludes halogenated alkanes) is 1. The van der Waals surface area contributed by atoms with E-state index in [4.69, 9.17) is 0 Å². The number of rotatable bonds is 7. The molecule has 1 unspecified atom stereocenters. The topological polar surface area (TPSA) is 12.4 Å². The van der Waals surface area contributed by atoms with Crippen molar-refractivity contribution in [2.24, 2.45) is 16.8 Å². The van der Waals surface area contributed by atoms with Gasteiger partial charge in [-0.05, 0) is 18.3 Å². The van der Waals surface area contributed by atoms with Gasteiger partial charge < -0.3 is 0 Å². The molecule has 0 spiro atoms. The molecule has 78 valence electrons. The minimum absolute atomic E-state index is 0.601. The van der Waals surface area contributed by atoms with Gasteiger partial charge in [-0.25, -0.2) is 0 Å². The van der Waals surface area contributed by atoms with Crippen molar-refractivity contribution in [3.63, 3.8) is 0 Å². The van der Waals surface area contributed by atoms with E-state index in [0.717, 1.165) is 12.5 Å². The highest BCUT2D eigenvalue weighted by molar-refractivity contribution is 5.59. The fraction of sp³-hybridized carbons (Fsp3) is 0.917. The highest BCUT2D eigenvalue weighted by Gasteiger charge is 2.03. The van der Waals surface area contributed by atoms with Gasteiger partial charge in [0, 0.05) is 12.8 Å². The van der Waals surface area contributed by atoms with Crippen LogP contribution in [0.3, 0.4) is 0 Å². The van der Waals surface area contributed by atoms with Crippen molar-refractivity contribution < 1.29 is 0 Å². The average molecular weight is 183 g/mol. The van der Waals surface area contributed by atoms with E-state index >= 15 is 0 Å². The molecule has 0 aliphatic carbocycles. The summed E-state index contributed by atoms with van der Waals surface area (Å²) in [5.41, 5.74) is 0. The summed E-state index contributed by atoms with van der Waals surface area (Å²) in [6.07, 6.45) is 7.37. The molecule has 0 aromatic rings. The van der Waals surface area contributed by atoms with Crippen LogP contribution in [0.15, 0.2) is 4.99 Å². The van der Waals surface area contributed by atoms with E-state index in [-0.39, 0.29) is 0 Å². The van der Waals surface area contributed by atoms with E-state index in [9.17, 15) is 0 Å². The molecule has 0 aliphatic rings. The molecule has 0 aromatic carbocycles. The molecular formula is C12H25N. The van der Waals surface area contributed by atoms with E-state index in [1.165, 1.54) is 25.7 Å². The molecule has 0 radical (unpaired) electrons. The molecule has 0 rings (SSSR count). The molecule has 0 saturated heterocycles. The maximum atomic E-state index is 4.47. The lowest BCUT2D eigenvalue weighted by atomic mass is 10.00. The van der Waals surface area contributed by atoms with Crippen molar-refractivity contribution in [2.75, 3.05) is 6.54 Å². The van der Waals surface area contributed by atoms with Gasteiger partial charge >= 0.3 is 0 Å². The Morgan fingerprint density at radius 2 is 1.92 bits per heavy atom. The summed E-state index contributed by atoms with van der Waals surface area (Å²) < 4.78 is 0. The molecule has 0 amide bonds. The van der Waals surface area contributed by atoms with Gasteiger partial charge in [0.15, 0.2) is 0 Å². The minimum Gasteiger partial charge on any atom is -0.297 e. The largest absolute Gasteiger partial charge is 0.297 e. The molecule has 0 bridgehead atoms. The van der Waals surface area contributed by atoms with Crippen LogP contribution in [0.2, 0.25) is 0 Å². The number of hydrogen-bond donors (Lipinski definition) is 0. The third-order valence-electron chi connectivity index (χ3n) is 2.31. The molecular weight excluding hydrogens is 158 g/mol. The third kappa shape index (κ3) is 8.01. The van der Waals surface area contributed by atoms with E-state index in [2.05, 4.69) is 38.9 Å². The summed E-state index contributed by atoms with van der Waals surface area (Å²) in [5, 5.41) is 0. The zero-order valence-electron chi connectivity index (χ0n) is 9.71. The summed E-state index contributed by atoms with van der Waals surface area (Å²) in [6, 6.07) is 0. The van der Waals surface area contributed by atoms with E-state index < -0.39 is 0 Å². The van der Waals surface area contributed by atoms with Gasteiger partial charge in [0.2, 0.25) is 0 Å². The fourth-order valence-corrected chi connectivity index (χ4v) is 1.34. The van der Waals surface area contributed by atoms with Crippen molar-refractivity contribution in [1.82, 2.24) is 0 Å². The van der Waals surface area contributed by atoms with Gasteiger partial charge in [-0.2, -0.15) is 0 Å². The molecule has 0 saturated carbocycles. The first-order chi connectivity index (χ1) is 6.20. The van der Waals surface area contributed by atoms with Gasteiger partial charge in [-0.1, -0.05) is 47.0 Å². The predicted molar refractivity (Wildman–Crippen MR) is 61.5 cm³/mol. The molecule has 13 heavy (non-hydrogen) atoms. The van der Waals surface area contributed by atoms with Crippen LogP contribution >= 0.6 is 0 Å². The second kappa shape index (κ2) is 8.28. The lowest BCUT2D eigenvalue weighted by Crippen LogP contribution is -2.04. The summed E-state index contributed by atoms with van der Waals surface area (Å²) in [5.74, 6) is 1.42. The van der Waals surface area contributed by atoms with E-state index in [1.807, 2.05) is 0 Å². The second-order valence-electron chi connectivity index (χ2n) is 4.17. The van der Waals surface area contributed by atoms with Crippen molar-refractivity contribution in [2.45, 2.75) is 53.4 Å². The van der Waals surface area contributed by atoms with Crippen molar-refractivity contribution >= 4 is 6.21 Å². The van der Waals surface area contributed by atoms with Crippen LogP contribution in [0.5, 0.6) is 0 Å². The van der Waals surface area contributed by atoms with Gasteiger partial charge in [0.25, 0.3) is 0 Å². The maximum Gasteiger partial charge on any atom is 0.0413 e. The first kappa shape index (κ1) is 12.7. The molecule has 0 aliphatic heterocycles. The van der Waals surface area contributed by atoms with Gasteiger partial charge in [0.05, 0.1) is 0 Å². The smallest absolute Gasteiger partial charge is 0.0413 e. The molecule has 0 N–H and O–H groups in total. The fourth-order valence-electron chi connectivity index (χ4n) is 1.34. The van der Waals surface area contributed by atoms with Crippen LogP contribution in [0.4, 0.5) is 0 Å². The Bertz CT molecular complexity index is 127. The Hall–Kier alpha value is -0.330. The van der Waals surface area contributed by atoms with Crippen LogP contribution < -0.4 is 0 Å². The van der Waals surface area contributed by atoms with E-state index in [0.29, 0.717) is 5.92 Å². The second-order valence-corrected chi connectivity index (χ2v) is 4.17. The van der Waals surface area contributed by atoms with Crippen molar-refractivity contribution in [3.8, 4) is 0 Å². The molecule has 0 aromatic heterocycles. The highest BCUT2D eigenvalue weighted by atomic mass is 14.7. The first-order valence-electron chi connectivity index (χ1n) is 5.70. The summed E-state index contributed by atoms with van der Waals surface area (Å²) in [4.78, 5) is 4.47. The van der Waals surface area contributed by atoms with Gasteiger partial charge in [-0.15, -0.1) is 0 Å². The minimum atomic E-state index is 0.601. The maximum absolute atomic E-state index is 4.47. The van der Waals surface area contributed by atoms with Crippen LogP contribution in [0.1, 0.15) is 53.4 Å². The molecule has 1 atom stereocenters. The average Bonchev–Trinajstić information content (AvgIpc) is 2.10. The Morgan fingerprint density at radius 3 is 2.38 bits per heavy atom. The third-order valence-corrected chi connectivity index (χ3v) is 2.31. The highest BCUT2D eigenvalue weighted by Crippen LogP contribution is 2.12. The molecule has 1 nitrogen and oxygen atoms in total. The zero-order valence-corrected chi connectivity index (χ0v) is 9.71. The van der Waals surface area contributed by atoms with Crippen LogP contribution in [-0.4, -0.2) is 12.8 Å². The number of nitrogens with zero attached hydrogens (tertiary/aromatic N) is 1. The summed E-state index contributed by atoms with van der Waals surface area (Å²) >= 11 is 0. The zero-order chi connectivity index (χ0) is 10.1. The van der Waals surface area contributed by atoms with Crippen LogP contribution in [-0.2, 0) is 0 Å². The monoisotopic (exact) mass is 183 g/mol. The van der Waals surface area contributed by atoms with E-state index in [1.54, 1.807) is 0 Å². The van der Waals surface area contributed by atoms with Gasteiger partial charge in [0.1, 0.15) is 0 Å². The Morgan fingerprint density at radius 1 is 1.23 bits per heavy atom. The number of hydrogen-bond acceptors (Lipinski definition) is 1. The standard InChI is InChI=1S/C12H25N/c1-5-7-8-12(6-2)10-13-9-11(3)4/h9,11-12H,5-8,10H2,1-4H3. The van der Waals surface area contributed by atoms with Gasteiger partial charge in [-0.3, -0.25) is 4.99 Å². The Kier molecular flexibility index (Phi) is 8.07. The molecule has 0 heterocycles. The Labute approximate surface area is 83.6 Å². The summed E-state index contributed by atoms with van der Waals surface area (Å²) in [7, 11) is 0. The normalized spacial score (nSPS) is 14.2. The Balaban J connectivity index is 3.58. The molecule has 1 heteroatoms. The van der Waals surface area contributed by atoms with Crippen LogP contribution in [0.25, 0.3) is 0 Å². The first-order valence-corrected chi connectivity index (χ1v) is 5.70. The van der Waals surface area contributed by atoms with Crippen LogP contribution in [0, 0.1) is 11.8 Å². The predicted octanol–water partition coefficient (Wildman–Crippen LogP) is 3.93. The lowest BCUT2D eigenvalue weighted by Gasteiger charge is -2.10. The number of aliphatic imine (C=N–C) groups is 1.